The zero-order valence-electron chi connectivity index (χ0n) is 26.9. The molecule has 0 saturated carbocycles. The van der Waals surface area contributed by atoms with Crippen LogP contribution < -0.4 is 0 Å². The number of fused-ring (bicyclic) bond motifs is 11. The number of rotatable bonds is 3. The van der Waals surface area contributed by atoms with Crippen LogP contribution in [0.25, 0.3) is 71.6 Å². The molecule has 2 aliphatic carbocycles. The first-order valence-electron chi connectivity index (χ1n) is 17.3. The Morgan fingerprint density at radius 1 is 0.449 bits per heavy atom. The van der Waals surface area contributed by atoms with Crippen molar-refractivity contribution in [1.29, 1.82) is 0 Å². The van der Waals surface area contributed by atoms with Crippen molar-refractivity contribution in [3.63, 3.8) is 0 Å². The molecule has 0 fully saturated rings. The molecule has 9 aromatic rings. The van der Waals surface area contributed by atoms with Crippen molar-refractivity contribution in [3.05, 3.63) is 198 Å². The third kappa shape index (κ3) is 3.87. The average molecular weight is 622 g/mol. The Balaban J connectivity index is 1.11. The maximum absolute atomic E-state index is 2.49. The SMILES string of the molecule is c1ccc(-n2c3ccc(-c4ccc5c(c4)-c4ccccc4C5c4ccc5ccccc5c4)cc3c3ccc4c(c32)-c2ccccc2C4)cc1. The van der Waals surface area contributed by atoms with Gasteiger partial charge in [0.2, 0.25) is 0 Å². The maximum Gasteiger partial charge on any atom is 0.0622 e. The number of hydrogen-bond acceptors (Lipinski definition) is 0. The van der Waals surface area contributed by atoms with Crippen LogP contribution in [0.15, 0.2) is 170 Å². The molecular weight excluding hydrogens is 591 g/mol. The molecule has 0 N–H and O–H groups in total. The summed E-state index contributed by atoms with van der Waals surface area (Å²) in [5.41, 5.74) is 18.6. The number of aromatic nitrogens is 1. The van der Waals surface area contributed by atoms with E-state index in [1.54, 1.807) is 0 Å². The topological polar surface area (TPSA) is 4.93 Å². The summed E-state index contributed by atoms with van der Waals surface area (Å²) in [6, 6.07) is 63.4. The molecule has 49 heavy (non-hydrogen) atoms. The summed E-state index contributed by atoms with van der Waals surface area (Å²) in [7, 11) is 0. The first kappa shape index (κ1) is 26.8. The summed E-state index contributed by atoms with van der Waals surface area (Å²) < 4.78 is 2.49. The highest BCUT2D eigenvalue weighted by Gasteiger charge is 2.30. The van der Waals surface area contributed by atoms with Crippen LogP contribution in [-0.2, 0) is 6.42 Å². The Labute approximate surface area is 285 Å². The molecule has 1 nitrogen and oxygen atoms in total. The van der Waals surface area contributed by atoms with E-state index in [1.165, 1.54) is 99.5 Å². The van der Waals surface area contributed by atoms with Gasteiger partial charge in [-0.2, -0.15) is 0 Å². The van der Waals surface area contributed by atoms with E-state index in [9.17, 15) is 0 Å². The van der Waals surface area contributed by atoms with Crippen molar-refractivity contribution in [3.8, 4) is 39.1 Å². The molecule has 1 atom stereocenters. The fourth-order valence-electron chi connectivity index (χ4n) is 8.87. The molecule has 0 amide bonds. The summed E-state index contributed by atoms with van der Waals surface area (Å²) in [6.07, 6.45) is 0.986. The van der Waals surface area contributed by atoms with E-state index < -0.39 is 0 Å². The van der Waals surface area contributed by atoms with Gasteiger partial charge in [0.25, 0.3) is 0 Å². The smallest absolute Gasteiger partial charge is 0.0622 e. The van der Waals surface area contributed by atoms with Gasteiger partial charge in [0.1, 0.15) is 0 Å². The van der Waals surface area contributed by atoms with Crippen LogP contribution in [0.4, 0.5) is 0 Å². The van der Waals surface area contributed by atoms with E-state index in [2.05, 4.69) is 174 Å². The van der Waals surface area contributed by atoms with Gasteiger partial charge in [-0.25, -0.2) is 0 Å². The van der Waals surface area contributed by atoms with E-state index in [0.29, 0.717) is 0 Å². The summed E-state index contributed by atoms with van der Waals surface area (Å²) in [5.74, 6) is 0.223. The molecule has 0 bridgehead atoms. The summed E-state index contributed by atoms with van der Waals surface area (Å²) >= 11 is 0. The number of benzene rings is 8. The van der Waals surface area contributed by atoms with Crippen molar-refractivity contribution in [2.24, 2.45) is 0 Å². The first-order valence-corrected chi connectivity index (χ1v) is 17.3. The monoisotopic (exact) mass is 621 g/mol. The van der Waals surface area contributed by atoms with Gasteiger partial charge in [-0.1, -0.05) is 140 Å². The van der Waals surface area contributed by atoms with Crippen molar-refractivity contribution < 1.29 is 0 Å². The van der Waals surface area contributed by atoms with E-state index in [4.69, 9.17) is 0 Å². The standard InChI is InChI=1S/C48H31N/c1-2-13-37(14-3-1)49-45-25-22-33(29-44(45)42-24-21-36-27-34-12-6-7-15-38(34)47(36)48(42)49)32-20-23-41-43(28-32)39-16-8-9-17-40(39)46(41)35-19-18-30-10-4-5-11-31(30)26-35/h1-26,28-29,46H,27H2. The van der Waals surface area contributed by atoms with Gasteiger partial charge >= 0.3 is 0 Å². The third-order valence-electron chi connectivity index (χ3n) is 11.1. The minimum atomic E-state index is 0.223. The van der Waals surface area contributed by atoms with Gasteiger partial charge < -0.3 is 4.57 Å². The van der Waals surface area contributed by atoms with Crippen molar-refractivity contribution in [2.45, 2.75) is 12.3 Å². The molecule has 1 aromatic heterocycles. The Hall–Kier alpha value is -6.18. The van der Waals surface area contributed by atoms with E-state index in [-0.39, 0.29) is 5.92 Å². The Bertz CT molecular complexity index is 2800. The lowest BCUT2D eigenvalue weighted by Gasteiger charge is -2.16. The van der Waals surface area contributed by atoms with Crippen LogP contribution in [0, 0.1) is 0 Å². The number of nitrogens with zero attached hydrogens (tertiary/aromatic N) is 1. The lowest BCUT2D eigenvalue weighted by Crippen LogP contribution is -1.99. The van der Waals surface area contributed by atoms with Gasteiger partial charge in [0.05, 0.1) is 11.0 Å². The highest BCUT2D eigenvalue weighted by molar-refractivity contribution is 6.16. The molecule has 228 valence electrons. The predicted octanol–water partition coefficient (Wildman–Crippen LogP) is 12.3. The third-order valence-corrected chi connectivity index (χ3v) is 11.1. The largest absolute Gasteiger partial charge is 0.309 e. The van der Waals surface area contributed by atoms with Crippen molar-refractivity contribution in [2.75, 3.05) is 0 Å². The second-order valence-corrected chi connectivity index (χ2v) is 13.7. The number of hydrogen-bond donors (Lipinski definition) is 0. The second-order valence-electron chi connectivity index (χ2n) is 13.7. The maximum atomic E-state index is 2.49. The molecule has 0 saturated heterocycles. The quantitative estimate of drug-likeness (QED) is 0.185. The molecule has 8 aromatic carbocycles. The van der Waals surface area contributed by atoms with Crippen molar-refractivity contribution >= 4 is 32.6 Å². The van der Waals surface area contributed by atoms with Crippen LogP contribution in [0.5, 0.6) is 0 Å². The van der Waals surface area contributed by atoms with E-state index >= 15 is 0 Å². The van der Waals surface area contributed by atoms with Crippen LogP contribution in [0.2, 0.25) is 0 Å². The summed E-state index contributed by atoms with van der Waals surface area (Å²) in [5, 5.41) is 5.17. The molecule has 11 rings (SSSR count). The average Bonchev–Trinajstić information content (AvgIpc) is 3.82. The summed E-state index contributed by atoms with van der Waals surface area (Å²) in [6.45, 7) is 0. The van der Waals surface area contributed by atoms with Gasteiger partial charge in [-0.05, 0) is 103 Å². The highest BCUT2D eigenvalue weighted by atomic mass is 15.0. The zero-order valence-corrected chi connectivity index (χ0v) is 26.9. The van der Waals surface area contributed by atoms with Gasteiger partial charge in [0.15, 0.2) is 0 Å². The zero-order chi connectivity index (χ0) is 32.1. The summed E-state index contributed by atoms with van der Waals surface area (Å²) in [4.78, 5) is 0. The van der Waals surface area contributed by atoms with E-state index in [0.717, 1.165) is 6.42 Å². The Kier molecular flexibility index (Phi) is 5.57. The molecule has 1 heteroatoms. The van der Waals surface area contributed by atoms with Gasteiger partial charge in [0, 0.05) is 27.9 Å². The fraction of sp³-hybridized carbons (Fsp3) is 0.0417. The second kappa shape index (κ2) is 10.2. The van der Waals surface area contributed by atoms with Crippen LogP contribution in [-0.4, -0.2) is 4.57 Å². The minimum absolute atomic E-state index is 0.223. The van der Waals surface area contributed by atoms with E-state index in [1.807, 2.05) is 0 Å². The molecule has 2 aliphatic rings. The first-order chi connectivity index (χ1) is 24.3. The molecule has 0 spiro atoms. The normalized spacial score (nSPS) is 14.2. The predicted molar refractivity (Wildman–Crippen MR) is 205 cm³/mol. The molecule has 1 unspecified atom stereocenters. The fourth-order valence-corrected chi connectivity index (χ4v) is 8.87. The lowest BCUT2D eigenvalue weighted by molar-refractivity contribution is 1.02. The Morgan fingerprint density at radius 2 is 1.18 bits per heavy atom. The van der Waals surface area contributed by atoms with Crippen molar-refractivity contribution in [1.82, 2.24) is 4.57 Å². The van der Waals surface area contributed by atoms with Gasteiger partial charge in [-0.15, -0.1) is 0 Å². The van der Waals surface area contributed by atoms with Crippen LogP contribution in [0.1, 0.15) is 33.7 Å². The molecule has 1 heterocycles. The minimum Gasteiger partial charge on any atom is -0.309 e. The molecule has 0 aliphatic heterocycles. The van der Waals surface area contributed by atoms with Crippen LogP contribution >= 0.6 is 0 Å². The lowest BCUT2D eigenvalue weighted by atomic mass is 9.87. The van der Waals surface area contributed by atoms with Crippen LogP contribution in [0.3, 0.4) is 0 Å². The number of para-hydroxylation sites is 1. The highest BCUT2D eigenvalue weighted by Crippen LogP contribution is 2.50. The molecular formula is C48H31N. The molecule has 0 radical (unpaired) electrons. The Morgan fingerprint density at radius 3 is 2.10 bits per heavy atom. The van der Waals surface area contributed by atoms with Gasteiger partial charge in [-0.3, -0.25) is 0 Å².